The summed E-state index contributed by atoms with van der Waals surface area (Å²) in [4.78, 5) is 20.0. The Morgan fingerprint density at radius 3 is 2.69 bits per heavy atom. The molecule has 0 bridgehead atoms. The van der Waals surface area contributed by atoms with E-state index in [9.17, 15) is 4.79 Å². The third-order valence-electron chi connectivity index (χ3n) is 5.13. The quantitative estimate of drug-likeness (QED) is 0.862. The van der Waals surface area contributed by atoms with Crippen molar-refractivity contribution in [1.82, 2.24) is 19.5 Å². The highest BCUT2D eigenvalue weighted by Gasteiger charge is 2.25. The van der Waals surface area contributed by atoms with Gasteiger partial charge >= 0.3 is 5.97 Å². The van der Waals surface area contributed by atoms with Crippen LogP contribution in [0.5, 0.6) is 0 Å². The van der Waals surface area contributed by atoms with E-state index in [1.807, 2.05) is 6.20 Å². The summed E-state index contributed by atoms with van der Waals surface area (Å²) in [5, 5.41) is 13.6. The third kappa shape index (κ3) is 3.62. The van der Waals surface area contributed by atoms with Gasteiger partial charge in [-0.1, -0.05) is 0 Å². The van der Waals surface area contributed by atoms with Crippen molar-refractivity contribution < 1.29 is 14.6 Å². The number of hydrogen-bond donors (Lipinski definition) is 1. The number of morpholine rings is 1. The molecule has 4 rings (SSSR count). The van der Waals surface area contributed by atoms with Gasteiger partial charge in [-0.05, 0) is 49.2 Å². The molecule has 2 saturated heterocycles. The Morgan fingerprint density at radius 1 is 1.27 bits per heavy atom. The van der Waals surface area contributed by atoms with E-state index in [-0.39, 0.29) is 11.2 Å². The van der Waals surface area contributed by atoms with Crippen LogP contribution in [0.25, 0.3) is 5.52 Å². The van der Waals surface area contributed by atoms with Gasteiger partial charge in [0.05, 0.1) is 19.1 Å². The zero-order valence-electron chi connectivity index (χ0n) is 14.5. The molecule has 9 heteroatoms. The van der Waals surface area contributed by atoms with Crippen molar-refractivity contribution in [1.29, 1.82) is 0 Å². The number of carboxylic acid groups (broad SMARTS) is 1. The molecule has 0 aromatic carbocycles. The van der Waals surface area contributed by atoms with Gasteiger partial charge in [-0.15, -0.1) is 5.10 Å². The van der Waals surface area contributed by atoms with Gasteiger partial charge < -0.3 is 14.7 Å². The molecule has 2 aromatic heterocycles. The Morgan fingerprint density at radius 2 is 2.00 bits per heavy atom. The minimum Gasteiger partial charge on any atom is -0.481 e. The van der Waals surface area contributed by atoms with Crippen molar-refractivity contribution in [3.63, 3.8) is 0 Å². The van der Waals surface area contributed by atoms with Gasteiger partial charge in [0.25, 0.3) is 0 Å². The molecule has 2 aromatic rings. The van der Waals surface area contributed by atoms with E-state index in [0.29, 0.717) is 26.1 Å². The Balaban J connectivity index is 1.53. The van der Waals surface area contributed by atoms with Gasteiger partial charge in [0.2, 0.25) is 5.28 Å². The van der Waals surface area contributed by atoms with Crippen LogP contribution in [0, 0.1) is 5.92 Å². The van der Waals surface area contributed by atoms with Crippen molar-refractivity contribution >= 4 is 28.9 Å². The maximum Gasteiger partial charge on any atom is 0.306 e. The summed E-state index contributed by atoms with van der Waals surface area (Å²) in [6.45, 7) is 5.30. The van der Waals surface area contributed by atoms with Crippen LogP contribution in [0.3, 0.4) is 0 Å². The minimum absolute atomic E-state index is 0.211. The van der Waals surface area contributed by atoms with Gasteiger partial charge in [-0.25, -0.2) is 4.52 Å². The van der Waals surface area contributed by atoms with Gasteiger partial charge in [0.15, 0.2) is 5.82 Å². The van der Waals surface area contributed by atoms with E-state index < -0.39 is 5.97 Å². The molecule has 2 fully saturated rings. The Bertz CT molecular complexity index is 797. The molecular weight excluding hydrogens is 358 g/mol. The number of fused-ring (bicyclic) bond motifs is 1. The maximum absolute atomic E-state index is 11.1. The summed E-state index contributed by atoms with van der Waals surface area (Å²) in [5.41, 5.74) is 2.07. The van der Waals surface area contributed by atoms with E-state index in [0.717, 1.165) is 49.6 Å². The molecule has 2 aliphatic rings. The SMILES string of the molecule is O=C(O)C1CCN(Cc2cc3c(N4CCOCC4)nc(Cl)nn3c2)CC1. The van der Waals surface area contributed by atoms with Crippen LogP contribution in [0.15, 0.2) is 12.3 Å². The highest BCUT2D eigenvalue weighted by molar-refractivity contribution is 6.28. The van der Waals surface area contributed by atoms with Crippen LogP contribution in [0.4, 0.5) is 5.82 Å². The lowest BCUT2D eigenvalue weighted by atomic mass is 9.97. The topological polar surface area (TPSA) is 83.2 Å². The summed E-state index contributed by atoms with van der Waals surface area (Å²) in [7, 11) is 0. The average Bonchev–Trinajstić information content (AvgIpc) is 3.04. The van der Waals surface area contributed by atoms with Gasteiger partial charge in [0.1, 0.15) is 5.52 Å². The fourth-order valence-electron chi connectivity index (χ4n) is 3.70. The molecule has 0 amide bonds. The molecular formula is C17H22ClN5O3. The van der Waals surface area contributed by atoms with Crippen molar-refractivity contribution in [3.8, 4) is 0 Å². The molecule has 26 heavy (non-hydrogen) atoms. The number of hydrogen-bond acceptors (Lipinski definition) is 6. The number of likely N-dealkylation sites (tertiary alicyclic amines) is 1. The Labute approximate surface area is 156 Å². The molecule has 4 heterocycles. The lowest BCUT2D eigenvalue weighted by Crippen LogP contribution is -2.37. The summed E-state index contributed by atoms with van der Waals surface area (Å²) in [6, 6.07) is 2.10. The first-order valence-corrected chi connectivity index (χ1v) is 9.30. The van der Waals surface area contributed by atoms with Crippen molar-refractivity contribution in [2.75, 3.05) is 44.3 Å². The number of aliphatic carboxylic acids is 1. The summed E-state index contributed by atoms with van der Waals surface area (Å²) < 4.78 is 7.21. The first-order chi connectivity index (χ1) is 12.6. The largest absolute Gasteiger partial charge is 0.481 e. The molecule has 0 atom stereocenters. The van der Waals surface area contributed by atoms with E-state index >= 15 is 0 Å². The normalized spacial score (nSPS) is 20.0. The number of rotatable bonds is 4. The Kier molecular flexibility index (Phi) is 4.97. The number of piperidine rings is 1. The predicted octanol–water partition coefficient (Wildman–Crippen LogP) is 1.52. The first-order valence-electron chi connectivity index (χ1n) is 8.93. The number of nitrogens with zero attached hydrogens (tertiary/aromatic N) is 5. The highest BCUT2D eigenvalue weighted by atomic mass is 35.5. The predicted molar refractivity (Wildman–Crippen MR) is 96.7 cm³/mol. The van der Waals surface area contributed by atoms with E-state index in [4.69, 9.17) is 21.4 Å². The number of ether oxygens (including phenoxy) is 1. The van der Waals surface area contributed by atoms with Gasteiger partial charge in [0, 0.05) is 25.8 Å². The smallest absolute Gasteiger partial charge is 0.306 e. The summed E-state index contributed by atoms with van der Waals surface area (Å²) >= 11 is 6.12. The molecule has 0 radical (unpaired) electrons. The molecule has 0 saturated carbocycles. The molecule has 0 spiro atoms. The number of halogens is 1. The molecule has 8 nitrogen and oxygen atoms in total. The lowest BCUT2D eigenvalue weighted by molar-refractivity contribution is -0.143. The highest BCUT2D eigenvalue weighted by Crippen LogP contribution is 2.25. The monoisotopic (exact) mass is 379 g/mol. The van der Waals surface area contributed by atoms with Gasteiger partial charge in [-0.2, -0.15) is 4.98 Å². The van der Waals surface area contributed by atoms with Crippen LogP contribution < -0.4 is 4.90 Å². The van der Waals surface area contributed by atoms with E-state index in [1.54, 1.807) is 4.52 Å². The fourth-order valence-corrected chi connectivity index (χ4v) is 3.86. The van der Waals surface area contributed by atoms with E-state index in [1.165, 1.54) is 0 Å². The number of carbonyl (C=O) groups is 1. The first kappa shape index (κ1) is 17.5. The minimum atomic E-state index is -0.681. The molecule has 0 unspecified atom stereocenters. The van der Waals surface area contributed by atoms with Crippen molar-refractivity contribution in [3.05, 3.63) is 23.1 Å². The lowest BCUT2D eigenvalue weighted by Gasteiger charge is -2.29. The average molecular weight is 380 g/mol. The second kappa shape index (κ2) is 7.38. The standard InChI is InChI=1S/C17H22ClN5O3/c18-17-19-15(22-5-7-26-8-6-22)14-9-12(11-23(14)20-17)10-21-3-1-13(2-4-21)16(24)25/h9,11,13H,1-8,10H2,(H,24,25). The molecule has 0 aliphatic carbocycles. The van der Waals surface area contributed by atoms with Crippen LogP contribution >= 0.6 is 11.6 Å². The number of carboxylic acids is 1. The number of aromatic nitrogens is 3. The molecule has 1 N–H and O–H groups in total. The summed E-state index contributed by atoms with van der Waals surface area (Å²) in [5.74, 6) is -0.0552. The number of anilines is 1. The summed E-state index contributed by atoms with van der Waals surface area (Å²) in [6.07, 6.45) is 3.39. The second-order valence-corrected chi connectivity index (χ2v) is 7.21. The zero-order valence-corrected chi connectivity index (χ0v) is 15.2. The second-order valence-electron chi connectivity index (χ2n) is 6.87. The van der Waals surface area contributed by atoms with Crippen LogP contribution in [0.1, 0.15) is 18.4 Å². The molecule has 140 valence electrons. The molecule has 2 aliphatic heterocycles. The Hall–Kier alpha value is -1.90. The maximum atomic E-state index is 11.1. The van der Waals surface area contributed by atoms with Crippen molar-refractivity contribution in [2.24, 2.45) is 5.92 Å². The van der Waals surface area contributed by atoms with Crippen LogP contribution in [-0.4, -0.2) is 70.0 Å². The van der Waals surface area contributed by atoms with Gasteiger partial charge in [-0.3, -0.25) is 9.69 Å². The van der Waals surface area contributed by atoms with Crippen molar-refractivity contribution in [2.45, 2.75) is 19.4 Å². The zero-order chi connectivity index (χ0) is 18.1. The van der Waals surface area contributed by atoms with E-state index in [2.05, 4.69) is 25.9 Å². The third-order valence-corrected chi connectivity index (χ3v) is 5.29. The van der Waals surface area contributed by atoms with Crippen LogP contribution in [-0.2, 0) is 16.1 Å². The fraction of sp³-hybridized carbons (Fsp3) is 0.588. The van der Waals surface area contributed by atoms with Crippen LogP contribution in [0.2, 0.25) is 5.28 Å².